The summed E-state index contributed by atoms with van der Waals surface area (Å²) in [5, 5.41) is 0. The molecular weight excluding hydrogens is 243 g/mol. The van der Waals surface area contributed by atoms with E-state index < -0.39 is 29.5 Å². The van der Waals surface area contributed by atoms with E-state index in [2.05, 4.69) is 0 Å². The van der Waals surface area contributed by atoms with Crippen LogP contribution in [0.2, 0.25) is 0 Å². The summed E-state index contributed by atoms with van der Waals surface area (Å²) in [5.41, 5.74) is -1.73. The molecule has 0 N–H and O–H groups in total. The molecule has 1 aliphatic heterocycles. The van der Waals surface area contributed by atoms with Gasteiger partial charge in [0.05, 0.1) is 6.10 Å². The second-order valence-corrected chi connectivity index (χ2v) is 3.86. The lowest BCUT2D eigenvalue weighted by Crippen LogP contribution is -2.12. The highest BCUT2D eigenvalue weighted by atomic mass is 19.4. The molecule has 1 saturated heterocycles. The van der Waals surface area contributed by atoms with E-state index in [-0.39, 0.29) is 5.56 Å². The van der Waals surface area contributed by atoms with Crippen molar-refractivity contribution in [1.82, 2.24) is 0 Å². The van der Waals surface area contributed by atoms with Crippen LogP contribution < -0.4 is 0 Å². The molecule has 1 aromatic carbocycles. The Morgan fingerprint density at radius 3 is 2.12 bits per heavy atom. The minimum Gasteiger partial charge on any atom is -0.374 e. The highest BCUT2D eigenvalue weighted by Crippen LogP contribution is 2.36. The standard InChI is InChI=1S/C11H9F5O/c12-7-4-6(9-2-1-3-17-9)5-8(13)10(7)11(14,15)16/h4-5,9H,1-3H2. The maximum absolute atomic E-state index is 13.2. The maximum atomic E-state index is 13.2. The third-order valence-corrected chi connectivity index (χ3v) is 2.65. The largest absolute Gasteiger partial charge is 0.422 e. The number of benzene rings is 1. The van der Waals surface area contributed by atoms with E-state index in [1.807, 2.05) is 0 Å². The Bertz CT molecular complexity index is 397. The molecule has 0 radical (unpaired) electrons. The van der Waals surface area contributed by atoms with Crippen molar-refractivity contribution in [1.29, 1.82) is 0 Å². The second kappa shape index (κ2) is 4.25. The van der Waals surface area contributed by atoms with Gasteiger partial charge in [0, 0.05) is 6.61 Å². The molecule has 17 heavy (non-hydrogen) atoms. The molecule has 1 atom stereocenters. The summed E-state index contributed by atoms with van der Waals surface area (Å²) in [5.74, 6) is -3.19. The van der Waals surface area contributed by atoms with Crippen molar-refractivity contribution in [3.8, 4) is 0 Å². The summed E-state index contributed by atoms with van der Waals surface area (Å²) in [7, 11) is 0. The molecule has 1 fully saturated rings. The van der Waals surface area contributed by atoms with Crippen LogP contribution in [0.5, 0.6) is 0 Å². The summed E-state index contributed by atoms with van der Waals surface area (Å²) in [6.45, 7) is 0.453. The Labute approximate surface area is 94.2 Å². The Morgan fingerprint density at radius 1 is 1.12 bits per heavy atom. The second-order valence-electron chi connectivity index (χ2n) is 3.86. The Morgan fingerprint density at radius 2 is 1.71 bits per heavy atom. The van der Waals surface area contributed by atoms with Gasteiger partial charge in [-0.2, -0.15) is 13.2 Å². The number of rotatable bonds is 1. The lowest BCUT2D eigenvalue weighted by Gasteiger charge is -2.14. The van der Waals surface area contributed by atoms with Crippen LogP contribution in [0.3, 0.4) is 0 Å². The zero-order valence-corrected chi connectivity index (χ0v) is 8.65. The highest BCUT2D eigenvalue weighted by Gasteiger charge is 2.38. The first-order valence-electron chi connectivity index (χ1n) is 5.07. The van der Waals surface area contributed by atoms with Crippen LogP contribution >= 0.6 is 0 Å². The summed E-state index contributed by atoms with van der Waals surface area (Å²) < 4.78 is 68.6. The van der Waals surface area contributed by atoms with Crippen LogP contribution in [0.1, 0.15) is 30.1 Å². The fourth-order valence-corrected chi connectivity index (χ4v) is 1.89. The van der Waals surface area contributed by atoms with Crippen molar-refractivity contribution in [2.75, 3.05) is 6.61 Å². The molecule has 6 heteroatoms. The number of ether oxygens (including phenoxy) is 1. The Balaban J connectivity index is 2.41. The van der Waals surface area contributed by atoms with Crippen LogP contribution in [-0.4, -0.2) is 6.61 Å². The molecule has 1 aromatic rings. The van der Waals surface area contributed by atoms with Gasteiger partial charge in [-0.25, -0.2) is 8.78 Å². The molecule has 1 nitrogen and oxygen atoms in total. The van der Waals surface area contributed by atoms with E-state index in [1.165, 1.54) is 0 Å². The van der Waals surface area contributed by atoms with Crippen molar-refractivity contribution in [2.45, 2.75) is 25.1 Å². The molecule has 94 valence electrons. The van der Waals surface area contributed by atoms with Gasteiger partial charge in [-0.3, -0.25) is 0 Å². The van der Waals surface area contributed by atoms with Crippen LogP contribution in [0, 0.1) is 11.6 Å². The van der Waals surface area contributed by atoms with E-state index in [0.29, 0.717) is 25.2 Å². The maximum Gasteiger partial charge on any atom is 0.422 e. The predicted octanol–water partition coefficient (Wildman–Crippen LogP) is 3.84. The van der Waals surface area contributed by atoms with E-state index in [0.717, 1.165) is 6.42 Å². The highest BCUT2D eigenvalue weighted by molar-refractivity contribution is 5.30. The SMILES string of the molecule is Fc1cc(C2CCCO2)cc(F)c1C(F)(F)F. The van der Waals surface area contributed by atoms with Gasteiger partial charge in [0.1, 0.15) is 17.2 Å². The van der Waals surface area contributed by atoms with Gasteiger partial charge in [0.25, 0.3) is 0 Å². The zero-order chi connectivity index (χ0) is 12.6. The molecule has 0 amide bonds. The molecule has 1 unspecified atom stereocenters. The molecule has 0 saturated carbocycles. The number of alkyl halides is 3. The summed E-state index contributed by atoms with van der Waals surface area (Å²) in [6.07, 6.45) is -4.25. The van der Waals surface area contributed by atoms with Gasteiger partial charge in [0.2, 0.25) is 0 Å². The lowest BCUT2D eigenvalue weighted by molar-refractivity contribution is -0.142. The molecular formula is C11H9F5O. The predicted molar refractivity (Wildman–Crippen MR) is 49.3 cm³/mol. The molecule has 0 aliphatic carbocycles. The van der Waals surface area contributed by atoms with E-state index in [9.17, 15) is 22.0 Å². The minimum atomic E-state index is -5.02. The van der Waals surface area contributed by atoms with Crippen LogP contribution in [0.15, 0.2) is 12.1 Å². The number of halogens is 5. The quantitative estimate of drug-likeness (QED) is 0.690. The van der Waals surface area contributed by atoms with Gasteiger partial charge in [-0.1, -0.05) is 0 Å². The van der Waals surface area contributed by atoms with Crippen LogP contribution in [-0.2, 0) is 10.9 Å². The van der Waals surface area contributed by atoms with Crippen LogP contribution in [0.4, 0.5) is 22.0 Å². The average molecular weight is 252 g/mol. The lowest BCUT2D eigenvalue weighted by atomic mass is 10.0. The molecule has 2 rings (SSSR count). The first kappa shape index (κ1) is 12.3. The fraction of sp³-hybridized carbons (Fsp3) is 0.455. The monoisotopic (exact) mass is 252 g/mol. The van der Waals surface area contributed by atoms with Crippen molar-refractivity contribution in [3.05, 3.63) is 34.9 Å². The number of hydrogen-bond donors (Lipinski definition) is 0. The van der Waals surface area contributed by atoms with Crippen molar-refractivity contribution in [2.24, 2.45) is 0 Å². The topological polar surface area (TPSA) is 9.23 Å². The van der Waals surface area contributed by atoms with Gasteiger partial charge in [0.15, 0.2) is 0 Å². The van der Waals surface area contributed by atoms with Crippen molar-refractivity contribution in [3.63, 3.8) is 0 Å². The smallest absolute Gasteiger partial charge is 0.374 e. The van der Waals surface area contributed by atoms with Gasteiger partial charge < -0.3 is 4.74 Å². The van der Waals surface area contributed by atoms with Gasteiger partial charge in [-0.05, 0) is 30.5 Å². The summed E-state index contributed by atoms with van der Waals surface area (Å²) >= 11 is 0. The average Bonchev–Trinajstić information content (AvgIpc) is 2.66. The van der Waals surface area contributed by atoms with E-state index >= 15 is 0 Å². The Kier molecular flexibility index (Phi) is 3.07. The third-order valence-electron chi connectivity index (χ3n) is 2.65. The summed E-state index contributed by atoms with van der Waals surface area (Å²) in [4.78, 5) is 0. The first-order chi connectivity index (χ1) is 7.89. The minimum absolute atomic E-state index is 0.116. The molecule has 0 bridgehead atoms. The van der Waals surface area contributed by atoms with E-state index in [1.54, 1.807) is 0 Å². The van der Waals surface area contributed by atoms with Gasteiger partial charge >= 0.3 is 6.18 Å². The normalized spacial score (nSPS) is 20.9. The van der Waals surface area contributed by atoms with E-state index in [4.69, 9.17) is 4.74 Å². The van der Waals surface area contributed by atoms with Gasteiger partial charge in [-0.15, -0.1) is 0 Å². The third kappa shape index (κ3) is 2.41. The molecule has 0 aromatic heterocycles. The fourth-order valence-electron chi connectivity index (χ4n) is 1.89. The zero-order valence-electron chi connectivity index (χ0n) is 8.65. The molecule has 1 aliphatic rings. The van der Waals surface area contributed by atoms with Crippen molar-refractivity contribution >= 4 is 0 Å². The number of hydrogen-bond acceptors (Lipinski definition) is 1. The van der Waals surface area contributed by atoms with Crippen LogP contribution in [0.25, 0.3) is 0 Å². The molecule has 1 heterocycles. The molecule has 0 spiro atoms. The Hall–Kier alpha value is -1.17. The first-order valence-corrected chi connectivity index (χ1v) is 5.07. The summed E-state index contributed by atoms with van der Waals surface area (Å²) in [6, 6.07) is 1.39. The van der Waals surface area contributed by atoms with Crippen molar-refractivity contribution < 1.29 is 26.7 Å².